The zero-order valence-corrected chi connectivity index (χ0v) is 21.7. The molecule has 3 aromatic rings. The van der Waals surface area contributed by atoms with E-state index in [1.165, 1.54) is 11.2 Å². The Hall–Kier alpha value is -3.03. The van der Waals surface area contributed by atoms with Gasteiger partial charge in [0.25, 0.3) is 0 Å². The van der Waals surface area contributed by atoms with Gasteiger partial charge in [0.05, 0.1) is 6.33 Å². The minimum Gasteiger partial charge on any atom is -0.382 e. The lowest BCUT2D eigenvalue weighted by atomic mass is 10.1. The highest BCUT2D eigenvalue weighted by atomic mass is 35.5. The number of nitrogen functional groups attached to an aromatic ring is 1. The Morgan fingerprint density at radius 3 is 2.73 bits per heavy atom. The Morgan fingerprint density at radius 1 is 1.19 bits per heavy atom. The number of nitrogens with zero attached hydrogens (tertiary/aromatic N) is 6. The Labute approximate surface area is 219 Å². The van der Waals surface area contributed by atoms with Gasteiger partial charge < -0.3 is 30.6 Å². The maximum Gasteiger partial charge on any atom is 0.319 e. The lowest BCUT2D eigenvalue weighted by molar-refractivity contribution is -0.197. The summed E-state index contributed by atoms with van der Waals surface area (Å²) in [7, 11) is 2.00. The number of rotatable bonds is 8. The van der Waals surface area contributed by atoms with Crippen molar-refractivity contribution >= 4 is 40.3 Å². The summed E-state index contributed by atoms with van der Waals surface area (Å²) in [6.07, 6.45) is 2.36. The van der Waals surface area contributed by atoms with E-state index in [0.717, 1.165) is 0 Å². The van der Waals surface area contributed by atoms with E-state index in [0.29, 0.717) is 53.7 Å². The number of anilines is 2. The van der Waals surface area contributed by atoms with Crippen LogP contribution < -0.4 is 16.4 Å². The number of fused-ring (bicyclic) bond motifs is 2. The molecule has 0 unspecified atom stereocenters. The molecule has 37 heavy (non-hydrogen) atoms. The zero-order chi connectivity index (χ0) is 26.3. The summed E-state index contributed by atoms with van der Waals surface area (Å²) >= 11 is 6.08. The maximum absolute atomic E-state index is 12.0. The molecule has 0 aliphatic carbocycles. The van der Waals surface area contributed by atoms with Crippen LogP contribution in [-0.4, -0.2) is 81.2 Å². The number of hydrogen-bond donors (Lipinski definition) is 2. The van der Waals surface area contributed by atoms with Crippen molar-refractivity contribution in [2.45, 2.75) is 50.6 Å². The topological polar surface area (TPSA) is 147 Å². The second-order valence-corrected chi connectivity index (χ2v) is 10.2. The molecule has 0 spiro atoms. The van der Waals surface area contributed by atoms with Gasteiger partial charge in [-0.25, -0.2) is 19.7 Å². The predicted octanol–water partition coefficient (Wildman–Crippen LogP) is 2.39. The number of benzene rings is 1. The number of halogens is 1. The summed E-state index contributed by atoms with van der Waals surface area (Å²) < 4.78 is 20.8. The third-order valence-electron chi connectivity index (χ3n) is 6.59. The van der Waals surface area contributed by atoms with E-state index in [1.54, 1.807) is 24.5 Å². The molecule has 2 aromatic heterocycles. The molecular formula is C24H31ClN8O4. The summed E-state index contributed by atoms with van der Waals surface area (Å²) in [5, 5.41) is 0.546. The molecule has 2 fully saturated rings. The first-order chi connectivity index (χ1) is 17.6. The summed E-state index contributed by atoms with van der Waals surface area (Å²) in [6, 6.07) is 6.56. The van der Waals surface area contributed by atoms with Crippen LogP contribution in [0.5, 0.6) is 0 Å². The van der Waals surface area contributed by atoms with Crippen LogP contribution in [0.15, 0.2) is 36.9 Å². The number of aromatic nitrogens is 4. The van der Waals surface area contributed by atoms with Crippen molar-refractivity contribution in [3.8, 4) is 0 Å². The summed E-state index contributed by atoms with van der Waals surface area (Å²) in [5.74, 6) is -0.446. The first-order valence-electron chi connectivity index (χ1n) is 12.1. The first-order valence-corrected chi connectivity index (χ1v) is 12.5. The molecule has 0 bridgehead atoms. The molecule has 4 N–H and O–H groups in total. The van der Waals surface area contributed by atoms with Crippen molar-refractivity contribution in [3.05, 3.63) is 41.9 Å². The van der Waals surface area contributed by atoms with E-state index < -0.39 is 18.0 Å². The average molecular weight is 531 g/mol. The highest BCUT2D eigenvalue weighted by Crippen LogP contribution is 2.44. The fraction of sp³-hybridized carbons (Fsp3) is 0.500. The van der Waals surface area contributed by atoms with E-state index >= 15 is 0 Å². The number of nitrogens with two attached hydrogens (primary N) is 2. The monoisotopic (exact) mass is 530 g/mol. The molecule has 12 nitrogen and oxygen atoms in total. The number of urea groups is 1. The van der Waals surface area contributed by atoms with Crippen molar-refractivity contribution in [3.63, 3.8) is 0 Å². The van der Waals surface area contributed by atoms with Crippen LogP contribution in [0.1, 0.15) is 26.5 Å². The highest BCUT2D eigenvalue weighted by Gasteiger charge is 2.56. The lowest BCUT2D eigenvalue weighted by Gasteiger charge is -2.27. The molecule has 2 amide bonds. The van der Waals surface area contributed by atoms with Gasteiger partial charge in [-0.05, 0) is 52.1 Å². The minimum atomic E-state index is -0.752. The molecule has 0 radical (unpaired) electrons. The summed E-state index contributed by atoms with van der Waals surface area (Å²) in [5.41, 5.74) is 13.3. The van der Waals surface area contributed by atoms with Gasteiger partial charge in [-0.2, -0.15) is 0 Å². The van der Waals surface area contributed by atoms with Gasteiger partial charge in [-0.15, -0.1) is 0 Å². The van der Waals surface area contributed by atoms with Gasteiger partial charge >= 0.3 is 6.03 Å². The predicted molar refractivity (Wildman–Crippen MR) is 138 cm³/mol. The van der Waals surface area contributed by atoms with Crippen LogP contribution >= 0.6 is 11.6 Å². The number of carbonyl (C=O) groups is 1. The van der Waals surface area contributed by atoms with Crippen molar-refractivity contribution in [1.82, 2.24) is 24.4 Å². The number of carbonyl (C=O) groups excluding carboxylic acids is 1. The molecule has 0 saturated carbocycles. The normalized spacial score (nSPS) is 24.6. The Morgan fingerprint density at radius 2 is 1.97 bits per heavy atom. The molecule has 1 aromatic carbocycles. The zero-order valence-electron chi connectivity index (χ0n) is 21.0. The fourth-order valence-electron chi connectivity index (χ4n) is 4.99. The molecule has 13 heteroatoms. The number of hydrogen-bond acceptors (Lipinski definition) is 9. The summed E-state index contributed by atoms with van der Waals surface area (Å²) in [4.78, 5) is 28.4. The van der Waals surface area contributed by atoms with Crippen molar-refractivity contribution in [2.24, 2.45) is 5.73 Å². The smallest absolute Gasteiger partial charge is 0.319 e. The number of amides is 2. The van der Waals surface area contributed by atoms with E-state index in [2.05, 4.69) is 19.9 Å². The minimum absolute atomic E-state index is 0.265. The van der Waals surface area contributed by atoms with Crippen LogP contribution in [-0.2, 0) is 14.2 Å². The molecule has 5 rings (SSSR count). The van der Waals surface area contributed by atoms with E-state index in [-0.39, 0.29) is 18.3 Å². The van der Waals surface area contributed by atoms with Crippen LogP contribution in [0.4, 0.5) is 16.3 Å². The van der Waals surface area contributed by atoms with E-state index in [1.807, 2.05) is 31.5 Å². The van der Waals surface area contributed by atoms with Gasteiger partial charge in [0.15, 0.2) is 23.5 Å². The number of ether oxygens (including phenoxy) is 3. The van der Waals surface area contributed by atoms with Crippen molar-refractivity contribution in [2.75, 3.05) is 37.3 Å². The van der Waals surface area contributed by atoms with E-state index in [9.17, 15) is 4.79 Å². The van der Waals surface area contributed by atoms with Crippen LogP contribution in [0, 0.1) is 0 Å². The molecule has 2 saturated heterocycles. The quantitative estimate of drug-likeness (QED) is 0.448. The van der Waals surface area contributed by atoms with Gasteiger partial charge in [0, 0.05) is 23.8 Å². The molecule has 198 valence electrons. The SMILES string of the molecule is CN(CCCN(C(N)=O)c1cccc(Cl)c1)C[C@H]1O[C@@H](n2cnc3c(N)ncnc32)[C@@H]2OC(C)(C)O[C@@H]21. The van der Waals surface area contributed by atoms with Crippen LogP contribution in [0.25, 0.3) is 11.2 Å². The number of imidazole rings is 1. The molecule has 2 aliphatic rings. The number of likely N-dealkylation sites (N-methyl/N-ethyl adjacent to an activating group) is 1. The largest absolute Gasteiger partial charge is 0.382 e. The van der Waals surface area contributed by atoms with Gasteiger partial charge in [0.1, 0.15) is 30.2 Å². The third-order valence-corrected chi connectivity index (χ3v) is 6.82. The molecular weight excluding hydrogens is 500 g/mol. The van der Waals surface area contributed by atoms with Gasteiger partial charge in [0.2, 0.25) is 0 Å². The Kier molecular flexibility index (Phi) is 6.94. The second kappa shape index (κ2) is 10.0. The third kappa shape index (κ3) is 5.20. The highest BCUT2D eigenvalue weighted by molar-refractivity contribution is 6.30. The van der Waals surface area contributed by atoms with Crippen molar-refractivity contribution < 1.29 is 19.0 Å². The van der Waals surface area contributed by atoms with Gasteiger partial charge in [-0.3, -0.25) is 9.47 Å². The lowest BCUT2D eigenvalue weighted by Crippen LogP contribution is -2.40. The second-order valence-electron chi connectivity index (χ2n) is 9.80. The average Bonchev–Trinajstić information content (AvgIpc) is 3.48. The van der Waals surface area contributed by atoms with Crippen LogP contribution in [0.2, 0.25) is 5.02 Å². The first kappa shape index (κ1) is 25.6. The van der Waals surface area contributed by atoms with Crippen molar-refractivity contribution in [1.29, 1.82) is 0 Å². The molecule has 4 atom stereocenters. The Balaban J connectivity index is 1.25. The standard InChI is InChI=1S/C24H31ClN8O4/c1-24(2)36-18-16(11-31(3)8-5-9-32(23(27)34)15-7-4-6-14(25)10-15)35-22(19(18)37-24)33-13-30-17-20(26)28-12-29-21(17)33/h4,6-7,10,12-13,16,18-19,22H,5,8-9,11H2,1-3H3,(H2,27,34)(H2,26,28,29)/t16-,18-,19-,22-/m1/s1. The summed E-state index contributed by atoms with van der Waals surface area (Å²) in [6.45, 7) is 5.53. The Bertz CT molecular complexity index is 1290. The molecule has 2 aliphatic heterocycles. The number of primary amides is 1. The van der Waals surface area contributed by atoms with Gasteiger partial charge in [-0.1, -0.05) is 17.7 Å². The fourth-order valence-corrected chi connectivity index (χ4v) is 5.18. The maximum atomic E-state index is 12.0. The van der Waals surface area contributed by atoms with Crippen LogP contribution in [0.3, 0.4) is 0 Å². The molecule has 4 heterocycles. The van der Waals surface area contributed by atoms with E-state index in [4.69, 9.17) is 37.3 Å².